The number of piperazine rings is 1. The zero-order valence-electron chi connectivity index (χ0n) is 18.9. The van der Waals surface area contributed by atoms with E-state index in [-0.39, 0.29) is 42.1 Å². The van der Waals surface area contributed by atoms with Crippen LogP contribution < -0.4 is 20.1 Å². The van der Waals surface area contributed by atoms with Gasteiger partial charge in [-0.25, -0.2) is 0 Å². The van der Waals surface area contributed by atoms with E-state index in [1.54, 1.807) is 23.1 Å². The molecule has 1 aromatic carbocycles. The van der Waals surface area contributed by atoms with Gasteiger partial charge in [0.05, 0.1) is 12.5 Å². The van der Waals surface area contributed by atoms with Crippen molar-refractivity contribution >= 4 is 23.4 Å². The largest absolute Gasteiger partial charge is 0.486 e. The third-order valence-corrected chi connectivity index (χ3v) is 6.85. The molecule has 3 amide bonds. The first-order valence-corrected chi connectivity index (χ1v) is 11.8. The van der Waals surface area contributed by atoms with Crippen LogP contribution >= 0.6 is 0 Å². The Balaban J connectivity index is 1.52. The number of anilines is 1. The third kappa shape index (κ3) is 4.54. The highest BCUT2D eigenvalue weighted by Gasteiger charge is 2.46. The fraction of sp³-hybridized carbons (Fsp3) is 0.625. The van der Waals surface area contributed by atoms with Crippen LogP contribution in [0.3, 0.4) is 0 Å². The Bertz CT molecular complexity index is 869. The summed E-state index contributed by atoms with van der Waals surface area (Å²) in [6.45, 7) is 4.95. The molecule has 1 saturated carbocycles. The molecule has 0 radical (unpaired) electrons. The summed E-state index contributed by atoms with van der Waals surface area (Å²) in [7, 11) is 0. The van der Waals surface area contributed by atoms with Gasteiger partial charge in [-0.2, -0.15) is 0 Å². The number of carbonyl (C=O) groups excluding carboxylic acids is 3. The van der Waals surface area contributed by atoms with Gasteiger partial charge < -0.3 is 25.0 Å². The van der Waals surface area contributed by atoms with Crippen molar-refractivity contribution in [3.63, 3.8) is 0 Å². The summed E-state index contributed by atoms with van der Waals surface area (Å²) in [4.78, 5) is 41.2. The Morgan fingerprint density at radius 3 is 2.59 bits per heavy atom. The first-order valence-electron chi connectivity index (χ1n) is 11.8. The minimum atomic E-state index is -0.792. The number of hydrogen-bond acceptors (Lipinski definition) is 5. The molecule has 8 heteroatoms. The number of ether oxygens (including phenoxy) is 2. The van der Waals surface area contributed by atoms with Crippen LogP contribution in [0.5, 0.6) is 11.5 Å². The van der Waals surface area contributed by atoms with E-state index in [4.69, 9.17) is 9.47 Å². The van der Waals surface area contributed by atoms with Crippen molar-refractivity contribution in [2.24, 2.45) is 5.92 Å². The molecule has 1 saturated heterocycles. The molecular formula is C24H33N3O5. The molecule has 4 rings (SSSR count). The van der Waals surface area contributed by atoms with E-state index in [0.29, 0.717) is 30.4 Å². The molecule has 32 heavy (non-hydrogen) atoms. The minimum Gasteiger partial charge on any atom is -0.486 e. The molecule has 3 unspecified atom stereocenters. The average molecular weight is 444 g/mol. The Morgan fingerprint density at radius 2 is 1.84 bits per heavy atom. The maximum absolute atomic E-state index is 13.5. The van der Waals surface area contributed by atoms with Crippen LogP contribution in [0.25, 0.3) is 0 Å². The predicted molar refractivity (Wildman–Crippen MR) is 120 cm³/mol. The lowest BCUT2D eigenvalue weighted by Gasteiger charge is -2.49. The molecule has 3 aliphatic rings. The molecule has 0 spiro atoms. The van der Waals surface area contributed by atoms with Gasteiger partial charge in [0, 0.05) is 23.7 Å². The van der Waals surface area contributed by atoms with Crippen LogP contribution in [0.15, 0.2) is 18.2 Å². The van der Waals surface area contributed by atoms with E-state index in [1.165, 1.54) is 0 Å². The third-order valence-electron chi connectivity index (χ3n) is 6.85. The van der Waals surface area contributed by atoms with Crippen LogP contribution in [0, 0.1) is 5.92 Å². The molecule has 0 aromatic heterocycles. The second kappa shape index (κ2) is 9.79. The molecule has 2 aliphatic heterocycles. The maximum atomic E-state index is 13.5. The number of carbonyl (C=O) groups is 3. The second-order valence-corrected chi connectivity index (χ2v) is 8.85. The minimum absolute atomic E-state index is 0.00104. The van der Waals surface area contributed by atoms with Gasteiger partial charge >= 0.3 is 0 Å². The standard InChI is InChI=1S/C24H33N3O5/c1-3-15(4-2)24(30)27-18-8-6-5-7-17(18)26-23(29)19(27)14-22(28)25-16-9-10-20-21(13-16)32-12-11-31-20/h9-10,13,15,17-19H,3-8,11-12,14H2,1-2H3,(H,25,28)(H,26,29). The van der Waals surface area contributed by atoms with Gasteiger partial charge in [-0.05, 0) is 37.8 Å². The van der Waals surface area contributed by atoms with E-state index in [9.17, 15) is 14.4 Å². The monoisotopic (exact) mass is 443 g/mol. The van der Waals surface area contributed by atoms with Crippen LogP contribution in [0.1, 0.15) is 58.8 Å². The van der Waals surface area contributed by atoms with Crippen LogP contribution in [-0.2, 0) is 14.4 Å². The fourth-order valence-electron chi connectivity index (χ4n) is 5.11. The normalized spacial score (nSPS) is 24.5. The maximum Gasteiger partial charge on any atom is 0.243 e. The zero-order chi connectivity index (χ0) is 22.7. The molecule has 3 atom stereocenters. The van der Waals surface area contributed by atoms with Crippen molar-refractivity contribution in [1.29, 1.82) is 0 Å². The molecule has 8 nitrogen and oxygen atoms in total. The quantitative estimate of drug-likeness (QED) is 0.705. The summed E-state index contributed by atoms with van der Waals surface area (Å²) in [5.41, 5.74) is 0.573. The highest BCUT2D eigenvalue weighted by molar-refractivity contribution is 5.98. The number of rotatable bonds is 6. The van der Waals surface area contributed by atoms with E-state index < -0.39 is 6.04 Å². The molecule has 2 N–H and O–H groups in total. The van der Waals surface area contributed by atoms with Crippen LogP contribution in [0.2, 0.25) is 0 Å². The molecule has 1 aliphatic carbocycles. The Kier molecular flexibility index (Phi) is 6.86. The molecule has 1 aromatic rings. The van der Waals surface area contributed by atoms with Crippen molar-refractivity contribution in [3.8, 4) is 11.5 Å². The summed E-state index contributed by atoms with van der Waals surface area (Å²) < 4.78 is 11.1. The van der Waals surface area contributed by atoms with Gasteiger partial charge in [-0.1, -0.05) is 26.7 Å². The van der Waals surface area contributed by atoms with Gasteiger partial charge in [0.2, 0.25) is 17.7 Å². The molecule has 2 heterocycles. The smallest absolute Gasteiger partial charge is 0.243 e. The van der Waals surface area contributed by atoms with Crippen molar-refractivity contribution in [2.75, 3.05) is 18.5 Å². The van der Waals surface area contributed by atoms with Crippen molar-refractivity contribution < 1.29 is 23.9 Å². The average Bonchev–Trinajstić information content (AvgIpc) is 2.80. The summed E-state index contributed by atoms with van der Waals surface area (Å²) >= 11 is 0. The molecule has 0 bridgehead atoms. The van der Waals surface area contributed by atoms with Crippen molar-refractivity contribution in [3.05, 3.63) is 18.2 Å². The SMILES string of the molecule is CCC(CC)C(=O)N1C(CC(=O)Nc2ccc3c(c2)OCCO3)C(=O)NC2CCCCC21. The first-order chi connectivity index (χ1) is 15.5. The van der Waals surface area contributed by atoms with E-state index in [0.717, 1.165) is 38.5 Å². The van der Waals surface area contributed by atoms with Gasteiger partial charge in [0.25, 0.3) is 0 Å². The van der Waals surface area contributed by atoms with Crippen molar-refractivity contribution in [1.82, 2.24) is 10.2 Å². The number of hydrogen-bond donors (Lipinski definition) is 2. The molecule has 174 valence electrons. The van der Waals surface area contributed by atoms with Gasteiger partial charge in [-0.15, -0.1) is 0 Å². The van der Waals surface area contributed by atoms with Crippen molar-refractivity contribution in [2.45, 2.75) is 76.9 Å². The van der Waals surface area contributed by atoms with Crippen LogP contribution in [0.4, 0.5) is 5.69 Å². The first kappa shape index (κ1) is 22.4. The van der Waals surface area contributed by atoms with Gasteiger partial charge in [-0.3, -0.25) is 14.4 Å². The predicted octanol–water partition coefficient (Wildman–Crippen LogP) is 2.86. The number of nitrogens with zero attached hydrogens (tertiary/aromatic N) is 1. The lowest BCUT2D eigenvalue weighted by Crippen LogP contribution is -2.68. The number of amides is 3. The van der Waals surface area contributed by atoms with E-state index in [2.05, 4.69) is 10.6 Å². The van der Waals surface area contributed by atoms with E-state index in [1.807, 2.05) is 13.8 Å². The summed E-state index contributed by atoms with van der Waals surface area (Å²) in [6.07, 6.45) is 5.18. The number of fused-ring (bicyclic) bond motifs is 2. The fourth-order valence-corrected chi connectivity index (χ4v) is 5.11. The van der Waals surface area contributed by atoms with E-state index >= 15 is 0 Å². The topological polar surface area (TPSA) is 97.0 Å². The highest BCUT2D eigenvalue weighted by atomic mass is 16.6. The summed E-state index contributed by atoms with van der Waals surface area (Å²) in [5, 5.41) is 5.95. The number of benzene rings is 1. The van der Waals surface area contributed by atoms with Gasteiger partial charge in [0.15, 0.2) is 11.5 Å². The lowest BCUT2D eigenvalue weighted by atomic mass is 9.84. The zero-order valence-corrected chi connectivity index (χ0v) is 18.9. The van der Waals surface area contributed by atoms with Gasteiger partial charge in [0.1, 0.15) is 19.3 Å². The highest BCUT2D eigenvalue weighted by Crippen LogP contribution is 2.34. The van der Waals surface area contributed by atoms with Crippen LogP contribution in [-0.4, -0.2) is 54.0 Å². The summed E-state index contributed by atoms with van der Waals surface area (Å²) in [6, 6.07) is 4.37. The molecule has 2 fully saturated rings. The Labute approximate surface area is 189 Å². The Hall–Kier alpha value is -2.77. The second-order valence-electron chi connectivity index (χ2n) is 8.85. The Morgan fingerprint density at radius 1 is 1.12 bits per heavy atom. The number of nitrogens with one attached hydrogen (secondary N) is 2. The summed E-state index contributed by atoms with van der Waals surface area (Å²) in [5.74, 6) is 0.556. The lowest BCUT2D eigenvalue weighted by molar-refractivity contribution is -0.154. The molecular weight excluding hydrogens is 410 g/mol.